The van der Waals surface area contributed by atoms with Crippen molar-refractivity contribution in [2.24, 2.45) is 11.7 Å². The molecule has 1 aromatic carbocycles. The topological polar surface area (TPSA) is 107 Å². The molecule has 0 radical (unpaired) electrons. The lowest BCUT2D eigenvalue weighted by Crippen LogP contribution is -2.02. The summed E-state index contributed by atoms with van der Waals surface area (Å²) < 4.78 is 0. The fourth-order valence-corrected chi connectivity index (χ4v) is 0.513. The minimum Gasteiger partial charge on any atom is -0.412 e. The van der Waals surface area contributed by atoms with Crippen molar-refractivity contribution in [1.82, 2.24) is 0 Å². The zero-order chi connectivity index (χ0) is 7.82. The minimum atomic E-state index is 0. The SMILES string of the molecule is N#Cc1ccccc1.NN.O. The summed E-state index contributed by atoms with van der Waals surface area (Å²) in [6.45, 7) is 0. The maximum Gasteiger partial charge on any atom is 0.0991 e. The van der Waals surface area contributed by atoms with Gasteiger partial charge in [-0.3, -0.25) is 11.7 Å². The van der Waals surface area contributed by atoms with Crippen molar-refractivity contribution in [2.75, 3.05) is 0 Å². The lowest BCUT2D eigenvalue weighted by molar-refractivity contribution is 0.824. The Morgan fingerprint density at radius 1 is 1.09 bits per heavy atom. The summed E-state index contributed by atoms with van der Waals surface area (Å²) in [6, 6.07) is 11.2. The summed E-state index contributed by atoms with van der Waals surface area (Å²) in [5, 5.41) is 8.29. The second-order valence-corrected chi connectivity index (χ2v) is 1.48. The third-order valence-electron chi connectivity index (χ3n) is 0.903. The maximum atomic E-state index is 8.29. The first-order valence-corrected chi connectivity index (χ1v) is 2.72. The van der Waals surface area contributed by atoms with Gasteiger partial charge in [-0.1, -0.05) is 18.2 Å². The van der Waals surface area contributed by atoms with Crippen LogP contribution in [0.3, 0.4) is 0 Å². The number of hydrazine groups is 1. The second kappa shape index (κ2) is 8.59. The smallest absolute Gasteiger partial charge is 0.0991 e. The van der Waals surface area contributed by atoms with Gasteiger partial charge in [-0.05, 0) is 12.1 Å². The van der Waals surface area contributed by atoms with E-state index in [2.05, 4.69) is 11.7 Å². The fraction of sp³-hybridized carbons (Fsp3) is 0. The standard InChI is InChI=1S/C7H5N.H4N2.H2O/c8-6-7-4-2-1-3-5-7;1-2;/h1-5H;1-2H2;1H2. The number of hydrogen-bond acceptors (Lipinski definition) is 3. The quantitative estimate of drug-likeness (QED) is 0.389. The van der Waals surface area contributed by atoms with Crippen molar-refractivity contribution >= 4 is 0 Å². The van der Waals surface area contributed by atoms with Crippen molar-refractivity contribution in [3.63, 3.8) is 0 Å². The molecule has 1 aromatic rings. The summed E-state index contributed by atoms with van der Waals surface area (Å²) in [5.74, 6) is 8.00. The van der Waals surface area contributed by atoms with Crippen LogP contribution < -0.4 is 11.7 Å². The summed E-state index contributed by atoms with van der Waals surface area (Å²) in [4.78, 5) is 0. The number of nitriles is 1. The van der Waals surface area contributed by atoms with E-state index < -0.39 is 0 Å². The zero-order valence-corrected chi connectivity index (χ0v) is 5.99. The predicted octanol–water partition coefficient (Wildman–Crippen LogP) is -0.448. The van der Waals surface area contributed by atoms with E-state index in [1.807, 2.05) is 24.3 Å². The average molecular weight is 153 g/mol. The van der Waals surface area contributed by atoms with Gasteiger partial charge < -0.3 is 5.48 Å². The van der Waals surface area contributed by atoms with Crippen LogP contribution in [0.25, 0.3) is 0 Å². The van der Waals surface area contributed by atoms with Gasteiger partial charge in [-0.2, -0.15) is 5.26 Å². The van der Waals surface area contributed by atoms with Crippen LogP contribution in [0.5, 0.6) is 0 Å². The molecule has 0 spiro atoms. The highest BCUT2D eigenvalue weighted by Crippen LogP contribution is 1.92. The number of nitrogens with zero attached hydrogens (tertiary/aromatic N) is 1. The van der Waals surface area contributed by atoms with Gasteiger partial charge in [0.25, 0.3) is 0 Å². The molecule has 0 saturated carbocycles. The first kappa shape index (κ1) is 12.3. The monoisotopic (exact) mass is 153 g/mol. The summed E-state index contributed by atoms with van der Waals surface area (Å²) in [7, 11) is 0. The molecule has 4 heteroatoms. The van der Waals surface area contributed by atoms with Crippen LogP contribution in [0, 0.1) is 11.3 Å². The Kier molecular flexibility index (Phi) is 9.59. The van der Waals surface area contributed by atoms with E-state index in [-0.39, 0.29) is 5.48 Å². The van der Waals surface area contributed by atoms with E-state index in [9.17, 15) is 0 Å². The molecule has 4 nitrogen and oxygen atoms in total. The van der Waals surface area contributed by atoms with E-state index >= 15 is 0 Å². The summed E-state index contributed by atoms with van der Waals surface area (Å²) in [5.41, 5.74) is 0.715. The van der Waals surface area contributed by atoms with E-state index in [0.717, 1.165) is 0 Å². The zero-order valence-electron chi connectivity index (χ0n) is 5.99. The van der Waals surface area contributed by atoms with E-state index in [1.54, 1.807) is 12.1 Å². The lowest BCUT2D eigenvalue weighted by atomic mass is 10.2. The number of nitrogens with two attached hydrogens (primary N) is 2. The fourth-order valence-electron chi connectivity index (χ4n) is 0.513. The van der Waals surface area contributed by atoms with E-state index in [0.29, 0.717) is 5.56 Å². The molecule has 0 aliphatic rings. The van der Waals surface area contributed by atoms with Gasteiger partial charge >= 0.3 is 0 Å². The molecule has 0 unspecified atom stereocenters. The Hall–Kier alpha value is -1.41. The normalized spacial score (nSPS) is 6.27. The molecule has 11 heavy (non-hydrogen) atoms. The second-order valence-electron chi connectivity index (χ2n) is 1.48. The van der Waals surface area contributed by atoms with Crippen LogP contribution in [0.4, 0.5) is 0 Å². The van der Waals surface area contributed by atoms with Crippen molar-refractivity contribution < 1.29 is 5.48 Å². The predicted molar refractivity (Wildman–Crippen MR) is 43.1 cm³/mol. The Labute approximate surface area is 65.3 Å². The average Bonchev–Trinajstić information content (AvgIpc) is 2.10. The molecule has 0 atom stereocenters. The Morgan fingerprint density at radius 3 is 1.82 bits per heavy atom. The molecule has 0 bridgehead atoms. The van der Waals surface area contributed by atoms with Crippen molar-refractivity contribution in [3.8, 4) is 6.07 Å². The van der Waals surface area contributed by atoms with Crippen molar-refractivity contribution in [3.05, 3.63) is 35.9 Å². The molecule has 0 aliphatic carbocycles. The summed E-state index contributed by atoms with van der Waals surface area (Å²) >= 11 is 0. The molecule has 0 aromatic heterocycles. The van der Waals surface area contributed by atoms with Crippen LogP contribution in [0.1, 0.15) is 5.56 Å². The molecule has 0 amide bonds. The van der Waals surface area contributed by atoms with Gasteiger partial charge in [0.1, 0.15) is 0 Å². The van der Waals surface area contributed by atoms with E-state index in [4.69, 9.17) is 5.26 Å². The Balaban J connectivity index is 0. The van der Waals surface area contributed by atoms with Crippen LogP contribution >= 0.6 is 0 Å². The van der Waals surface area contributed by atoms with Crippen molar-refractivity contribution in [2.45, 2.75) is 0 Å². The minimum absolute atomic E-state index is 0. The molecule has 0 saturated heterocycles. The van der Waals surface area contributed by atoms with Gasteiger partial charge in [-0.25, -0.2) is 0 Å². The highest BCUT2D eigenvalue weighted by Gasteiger charge is 1.79. The number of hydrogen-bond donors (Lipinski definition) is 2. The van der Waals surface area contributed by atoms with Crippen molar-refractivity contribution in [1.29, 1.82) is 5.26 Å². The number of rotatable bonds is 0. The third kappa shape index (κ3) is 5.06. The van der Waals surface area contributed by atoms with Crippen LogP contribution in [0.2, 0.25) is 0 Å². The third-order valence-corrected chi connectivity index (χ3v) is 0.903. The van der Waals surface area contributed by atoms with Gasteiger partial charge in [0.05, 0.1) is 11.6 Å². The van der Waals surface area contributed by atoms with Crippen LogP contribution in [0.15, 0.2) is 30.3 Å². The molecule has 0 fully saturated rings. The molecule has 0 aliphatic heterocycles. The first-order valence-electron chi connectivity index (χ1n) is 2.72. The van der Waals surface area contributed by atoms with Gasteiger partial charge in [0, 0.05) is 0 Å². The largest absolute Gasteiger partial charge is 0.412 e. The van der Waals surface area contributed by atoms with Gasteiger partial charge in [0.15, 0.2) is 0 Å². The molecular weight excluding hydrogens is 142 g/mol. The molecule has 0 heterocycles. The van der Waals surface area contributed by atoms with Gasteiger partial charge in [0.2, 0.25) is 0 Å². The maximum absolute atomic E-state index is 8.29. The van der Waals surface area contributed by atoms with Crippen LogP contribution in [-0.2, 0) is 0 Å². The highest BCUT2D eigenvalue weighted by molar-refractivity contribution is 5.27. The lowest BCUT2D eigenvalue weighted by Gasteiger charge is -1.80. The number of benzene rings is 1. The Morgan fingerprint density at radius 2 is 1.55 bits per heavy atom. The molecule has 6 N–H and O–H groups in total. The highest BCUT2D eigenvalue weighted by atomic mass is 16.0. The summed E-state index contributed by atoms with van der Waals surface area (Å²) in [6.07, 6.45) is 0. The molecule has 60 valence electrons. The van der Waals surface area contributed by atoms with E-state index in [1.165, 1.54) is 0 Å². The molecule has 1 rings (SSSR count). The van der Waals surface area contributed by atoms with Gasteiger partial charge in [-0.15, -0.1) is 0 Å². The molecular formula is C7H11N3O. The first-order chi connectivity index (χ1) is 4.93. The van der Waals surface area contributed by atoms with Crippen LogP contribution in [-0.4, -0.2) is 5.48 Å². The Bertz CT molecular complexity index is 205.